The summed E-state index contributed by atoms with van der Waals surface area (Å²) in [6.07, 6.45) is -0.624. The zero-order valence-corrected chi connectivity index (χ0v) is 6.71. The van der Waals surface area contributed by atoms with Gasteiger partial charge in [-0.2, -0.15) is 0 Å². The van der Waals surface area contributed by atoms with Gasteiger partial charge in [0.1, 0.15) is 11.5 Å². The zero-order chi connectivity index (χ0) is 7.72. The molecular formula is C6H13O3S+. The maximum absolute atomic E-state index is 9.18. The molecule has 0 aromatic rings. The fraction of sp³-hybridized carbons (Fsp3) is 1.00. The summed E-state index contributed by atoms with van der Waals surface area (Å²) in [5.41, 5.74) is -0.465. The van der Waals surface area contributed by atoms with Crippen LogP contribution in [-0.4, -0.2) is 34.0 Å². The van der Waals surface area contributed by atoms with E-state index in [1.165, 1.54) is 0 Å². The van der Waals surface area contributed by atoms with E-state index in [-0.39, 0.29) is 6.10 Å². The van der Waals surface area contributed by atoms with E-state index in [4.69, 9.17) is 9.84 Å². The molecule has 0 aromatic carbocycles. The van der Waals surface area contributed by atoms with Crippen molar-refractivity contribution in [3.05, 3.63) is 0 Å². The number of aliphatic hydroxyl groups excluding tert-OH is 1. The third-order valence-electron chi connectivity index (χ3n) is 1.78. The first-order valence-electron chi connectivity index (χ1n) is 3.39. The highest BCUT2D eigenvalue weighted by Gasteiger charge is 2.43. The number of hydrogen-bond donors (Lipinski definition) is 2. The molecule has 3 nitrogen and oxygen atoms in total. The Morgan fingerprint density at radius 3 is 2.50 bits per heavy atom. The van der Waals surface area contributed by atoms with Crippen LogP contribution in [0.2, 0.25) is 0 Å². The minimum atomic E-state index is -0.728. The maximum atomic E-state index is 9.18. The molecule has 1 rings (SSSR count). The predicted octanol–water partition coefficient (Wildman–Crippen LogP) is -0.495. The van der Waals surface area contributed by atoms with Gasteiger partial charge in [0, 0.05) is 0 Å². The Labute approximate surface area is 65.4 Å². The van der Waals surface area contributed by atoms with Crippen molar-refractivity contribution in [2.24, 2.45) is 0 Å². The summed E-state index contributed by atoms with van der Waals surface area (Å²) in [4.78, 5) is 0. The monoisotopic (exact) mass is 165 g/mol. The highest BCUT2D eigenvalue weighted by molar-refractivity contribution is 7.80. The molecule has 0 bridgehead atoms. The quantitative estimate of drug-likeness (QED) is 0.407. The summed E-state index contributed by atoms with van der Waals surface area (Å²) in [7, 11) is 0. The van der Waals surface area contributed by atoms with Gasteiger partial charge in [0.15, 0.2) is 6.10 Å². The van der Waals surface area contributed by atoms with Gasteiger partial charge in [-0.25, -0.2) is 0 Å². The second-order valence-corrected chi connectivity index (χ2v) is 3.00. The molecule has 4 heteroatoms. The fourth-order valence-corrected chi connectivity index (χ4v) is 1.43. The van der Waals surface area contributed by atoms with Crippen LogP contribution >= 0.6 is 12.6 Å². The second kappa shape index (κ2) is 3.09. The lowest BCUT2D eigenvalue weighted by Gasteiger charge is -2.06. The standard InChI is InChI=1S/C6H12O3S/c1-2-3-4(7)5(8)6(10)9-3/h3-8,10H,2H2,1H3/p+1. The van der Waals surface area contributed by atoms with Crippen LogP contribution in [0, 0.1) is 0 Å². The number of rotatable bonds is 1. The number of hydrogen-bond acceptors (Lipinski definition) is 3. The summed E-state index contributed by atoms with van der Waals surface area (Å²) in [5, 5.41) is 16.6. The minimum absolute atomic E-state index is 0.141. The third-order valence-corrected chi connectivity index (χ3v) is 2.20. The van der Waals surface area contributed by atoms with Gasteiger partial charge in [0.2, 0.25) is 6.10 Å². The molecule has 3 N–H and O–H groups in total. The third kappa shape index (κ3) is 1.29. The average molecular weight is 165 g/mol. The van der Waals surface area contributed by atoms with Gasteiger partial charge in [-0.3, -0.25) is 0 Å². The molecular weight excluding hydrogens is 152 g/mol. The summed E-state index contributed by atoms with van der Waals surface area (Å²) >= 11 is 3.97. The van der Waals surface area contributed by atoms with Crippen molar-refractivity contribution in [1.82, 2.24) is 0 Å². The molecule has 1 aliphatic rings. The van der Waals surface area contributed by atoms with E-state index < -0.39 is 17.6 Å². The Hall–Kier alpha value is 0.230. The van der Waals surface area contributed by atoms with E-state index in [0.29, 0.717) is 0 Å². The van der Waals surface area contributed by atoms with E-state index in [9.17, 15) is 5.11 Å². The van der Waals surface area contributed by atoms with Crippen molar-refractivity contribution in [3.8, 4) is 0 Å². The van der Waals surface area contributed by atoms with Gasteiger partial charge >= 0.3 is 0 Å². The summed E-state index contributed by atoms with van der Waals surface area (Å²) < 4.78 is 5.16. The molecule has 0 aromatic heterocycles. The molecule has 1 heterocycles. The van der Waals surface area contributed by atoms with Crippen molar-refractivity contribution in [2.75, 3.05) is 0 Å². The average Bonchev–Trinajstić information content (AvgIpc) is 2.17. The van der Waals surface area contributed by atoms with Crippen LogP contribution < -0.4 is 0 Å². The van der Waals surface area contributed by atoms with Crippen LogP contribution in [0.15, 0.2) is 0 Å². The Kier molecular flexibility index (Phi) is 2.57. The van der Waals surface area contributed by atoms with Crippen molar-refractivity contribution in [2.45, 2.75) is 37.1 Å². The lowest BCUT2D eigenvalue weighted by molar-refractivity contribution is 0.0213. The minimum Gasteiger partial charge on any atom is -0.439 e. The van der Waals surface area contributed by atoms with Crippen LogP contribution in [0.4, 0.5) is 0 Å². The topological polar surface area (TPSA) is 52.4 Å². The first-order chi connectivity index (χ1) is 4.66. The van der Waals surface area contributed by atoms with Gasteiger partial charge in [-0.1, -0.05) is 6.92 Å². The number of thiol groups is 1. The van der Waals surface area contributed by atoms with E-state index >= 15 is 0 Å². The van der Waals surface area contributed by atoms with E-state index in [1.54, 1.807) is 0 Å². The van der Waals surface area contributed by atoms with Crippen LogP contribution in [0.5, 0.6) is 0 Å². The van der Waals surface area contributed by atoms with Crippen LogP contribution in [0.3, 0.4) is 0 Å². The number of ether oxygens (including phenoxy) is 1. The molecule has 1 aliphatic heterocycles. The van der Waals surface area contributed by atoms with Gasteiger partial charge < -0.3 is 14.9 Å². The molecule has 0 amide bonds. The molecule has 10 heavy (non-hydrogen) atoms. The largest absolute Gasteiger partial charge is 0.439 e. The van der Waals surface area contributed by atoms with E-state index in [1.807, 2.05) is 6.92 Å². The van der Waals surface area contributed by atoms with Crippen molar-refractivity contribution in [3.63, 3.8) is 0 Å². The van der Waals surface area contributed by atoms with Gasteiger partial charge in [-0.05, 0) is 6.42 Å². The lowest BCUT2D eigenvalue weighted by Crippen LogP contribution is -2.30. The van der Waals surface area contributed by atoms with Gasteiger partial charge in [0.25, 0.3) is 0 Å². The van der Waals surface area contributed by atoms with Gasteiger partial charge in [-0.15, -0.1) is 12.6 Å². The highest BCUT2D eigenvalue weighted by Crippen LogP contribution is 2.24. The van der Waals surface area contributed by atoms with E-state index in [2.05, 4.69) is 12.6 Å². The molecule has 60 valence electrons. The maximum Gasteiger partial charge on any atom is 0.210 e. The van der Waals surface area contributed by atoms with E-state index in [0.717, 1.165) is 6.42 Å². The van der Waals surface area contributed by atoms with Crippen molar-refractivity contribution < 1.29 is 14.9 Å². The smallest absolute Gasteiger partial charge is 0.210 e. The first-order valence-corrected chi connectivity index (χ1v) is 3.91. The second-order valence-electron chi connectivity index (χ2n) is 2.49. The van der Waals surface area contributed by atoms with Crippen molar-refractivity contribution in [1.29, 1.82) is 0 Å². The van der Waals surface area contributed by atoms with Gasteiger partial charge in [0.05, 0.1) is 0 Å². The molecule has 0 spiro atoms. The Morgan fingerprint density at radius 1 is 1.70 bits per heavy atom. The molecule has 1 fully saturated rings. The molecule has 0 radical (unpaired) electrons. The number of aliphatic hydroxyl groups is 1. The lowest BCUT2D eigenvalue weighted by atomic mass is 10.1. The normalized spacial score (nSPS) is 48.0. The molecule has 0 saturated carbocycles. The predicted molar refractivity (Wildman–Crippen MR) is 41.3 cm³/mol. The van der Waals surface area contributed by atoms with Crippen LogP contribution in [0.1, 0.15) is 13.3 Å². The Morgan fingerprint density at radius 2 is 2.30 bits per heavy atom. The first kappa shape index (κ1) is 8.33. The molecule has 4 atom stereocenters. The SMILES string of the molecule is CCC1OC(S)C(O)C1[OH2+]. The Balaban J connectivity index is 2.53. The van der Waals surface area contributed by atoms with Crippen LogP contribution in [-0.2, 0) is 4.74 Å². The summed E-state index contributed by atoms with van der Waals surface area (Å²) in [5.74, 6) is 0. The Bertz CT molecular complexity index is 120. The molecule has 0 aliphatic carbocycles. The molecule has 4 unspecified atom stereocenters. The fourth-order valence-electron chi connectivity index (χ4n) is 1.09. The zero-order valence-electron chi connectivity index (χ0n) is 5.82. The molecule has 1 saturated heterocycles. The van der Waals surface area contributed by atoms with Crippen molar-refractivity contribution >= 4 is 12.6 Å². The summed E-state index contributed by atoms with van der Waals surface area (Å²) in [6, 6.07) is 0. The van der Waals surface area contributed by atoms with Crippen LogP contribution in [0.25, 0.3) is 0 Å². The highest BCUT2D eigenvalue weighted by atomic mass is 32.1. The summed E-state index contributed by atoms with van der Waals surface area (Å²) in [6.45, 7) is 1.94.